The van der Waals surface area contributed by atoms with E-state index >= 15 is 0 Å². The zero-order chi connectivity index (χ0) is 22.9. The molecular formula is C23H22ClFN6O2. The van der Waals surface area contributed by atoms with Crippen molar-refractivity contribution in [1.82, 2.24) is 24.9 Å². The van der Waals surface area contributed by atoms with Gasteiger partial charge in [-0.2, -0.15) is 20.0 Å². The molecule has 1 aliphatic heterocycles. The molecule has 0 radical (unpaired) electrons. The van der Waals surface area contributed by atoms with E-state index < -0.39 is 5.82 Å². The number of oxazole rings is 1. The largest absolute Gasteiger partial charge is 0.424 e. The molecule has 0 saturated carbocycles. The quantitative estimate of drug-likeness (QED) is 0.462. The first-order chi connectivity index (χ1) is 16.0. The number of rotatable bonds is 5. The Morgan fingerprint density at radius 3 is 2.88 bits per heavy atom. The molecule has 2 aromatic carbocycles. The lowest BCUT2D eigenvalue weighted by atomic mass is 9.90. The third kappa shape index (κ3) is 4.28. The minimum Gasteiger partial charge on any atom is -0.424 e. The van der Waals surface area contributed by atoms with Crippen LogP contribution in [-0.4, -0.2) is 49.9 Å². The lowest BCUT2D eigenvalue weighted by Gasteiger charge is -2.40. The topological polar surface area (TPSA) is 89.1 Å². The lowest BCUT2D eigenvalue weighted by molar-refractivity contribution is 0.0538. The number of amides is 1. The summed E-state index contributed by atoms with van der Waals surface area (Å²) in [6.45, 7) is 3.12. The average molecular weight is 469 g/mol. The van der Waals surface area contributed by atoms with E-state index in [2.05, 4.69) is 27.4 Å². The van der Waals surface area contributed by atoms with Gasteiger partial charge in [0, 0.05) is 24.2 Å². The number of piperidine rings is 1. The first-order valence-corrected chi connectivity index (χ1v) is 11.1. The Balaban J connectivity index is 1.40. The number of fused-ring (bicyclic) bond motifs is 1. The van der Waals surface area contributed by atoms with Gasteiger partial charge in [0.25, 0.3) is 11.9 Å². The molecule has 2 atom stereocenters. The van der Waals surface area contributed by atoms with Gasteiger partial charge < -0.3 is 14.6 Å². The Hall–Kier alpha value is -3.46. The summed E-state index contributed by atoms with van der Waals surface area (Å²) in [5, 5.41) is 12.0. The summed E-state index contributed by atoms with van der Waals surface area (Å²) in [6.07, 6.45) is 4.88. The molecule has 4 aromatic rings. The van der Waals surface area contributed by atoms with Crippen molar-refractivity contribution in [2.75, 3.05) is 18.4 Å². The molecule has 3 heterocycles. The van der Waals surface area contributed by atoms with E-state index in [-0.39, 0.29) is 23.4 Å². The number of likely N-dealkylation sites (tertiary alicyclic amines) is 1. The van der Waals surface area contributed by atoms with Gasteiger partial charge in [-0.1, -0.05) is 18.5 Å². The summed E-state index contributed by atoms with van der Waals surface area (Å²) >= 11 is 6.03. The van der Waals surface area contributed by atoms with Gasteiger partial charge in [0.1, 0.15) is 11.3 Å². The summed E-state index contributed by atoms with van der Waals surface area (Å²) in [4.78, 5) is 21.2. The highest BCUT2D eigenvalue weighted by Crippen LogP contribution is 2.28. The fraction of sp³-hybridized carbons (Fsp3) is 0.304. The third-order valence-corrected chi connectivity index (χ3v) is 6.25. The van der Waals surface area contributed by atoms with Crippen LogP contribution in [0.2, 0.25) is 5.02 Å². The van der Waals surface area contributed by atoms with Crippen LogP contribution in [0.4, 0.5) is 10.4 Å². The van der Waals surface area contributed by atoms with Crippen LogP contribution in [0, 0.1) is 11.7 Å². The summed E-state index contributed by atoms with van der Waals surface area (Å²) in [5.41, 5.74) is 1.95. The molecule has 0 bridgehead atoms. The second-order valence-corrected chi connectivity index (χ2v) is 8.61. The Morgan fingerprint density at radius 1 is 1.24 bits per heavy atom. The molecule has 170 valence electrons. The summed E-state index contributed by atoms with van der Waals surface area (Å²) < 4.78 is 19.9. The molecule has 33 heavy (non-hydrogen) atoms. The number of hydrogen-bond donors (Lipinski definition) is 1. The summed E-state index contributed by atoms with van der Waals surface area (Å²) in [7, 11) is 0. The number of nitrogens with zero attached hydrogens (tertiary/aromatic N) is 5. The zero-order valence-corrected chi connectivity index (χ0v) is 18.7. The number of benzene rings is 2. The molecule has 0 unspecified atom stereocenters. The van der Waals surface area contributed by atoms with Crippen molar-refractivity contribution >= 4 is 34.6 Å². The maximum Gasteiger partial charge on any atom is 0.295 e. The number of carbonyl (C=O) groups is 1. The van der Waals surface area contributed by atoms with Gasteiger partial charge in [-0.05, 0) is 49.1 Å². The summed E-state index contributed by atoms with van der Waals surface area (Å²) in [5.74, 6) is -0.516. The Morgan fingerprint density at radius 2 is 2.06 bits per heavy atom. The lowest BCUT2D eigenvalue weighted by Crippen LogP contribution is -2.51. The van der Waals surface area contributed by atoms with Crippen molar-refractivity contribution in [2.24, 2.45) is 5.92 Å². The number of nitrogens with one attached hydrogen (secondary N) is 1. The van der Waals surface area contributed by atoms with Gasteiger partial charge >= 0.3 is 0 Å². The minimum atomic E-state index is -0.487. The SMILES string of the molecule is C[C@@H]1CCCN(C(=O)c2cc(F)ccc2-n2nccn2)[C@@H]1CNc1nc2ccc(Cl)cc2o1. The predicted octanol–water partition coefficient (Wildman–Crippen LogP) is 4.55. The number of halogens is 2. The monoisotopic (exact) mass is 468 g/mol. The van der Waals surface area contributed by atoms with Crippen molar-refractivity contribution in [3.8, 4) is 5.69 Å². The number of hydrogen-bond acceptors (Lipinski definition) is 6. The highest BCUT2D eigenvalue weighted by atomic mass is 35.5. The van der Waals surface area contributed by atoms with E-state index in [1.54, 1.807) is 23.1 Å². The van der Waals surface area contributed by atoms with E-state index in [0.717, 1.165) is 12.8 Å². The highest BCUT2D eigenvalue weighted by molar-refractivity contribution is 6.31. The van der Waals surface area contributed by atoms with Crippen LogP contribution in [-0.2, 0) is 0 Å². The Labute approximate surface area is 194 Å². The molecule has 1 aliphatic rings. The van der Waals surface area contributed by atoms with Gasteiger partial charge in [0.15, 0.2) is 5.58 Å². The van der Waals surface area contributed by atoms with Crippen LogP contribution in [0.1, 0.15) is 30.1 Å². The van der Waals surface area contributed by atoms with Crippen LogP contribution in [0.15, 0.2) is 53.2 Å². The Kier molecular flexibility index (Phi) is 5.72. The van der Waals surface area contributed by atoms with Gasteiger partial charge in [0.2, 0.25) is 0 Å². The standard InChI is InChI=1S/C23H22ClFN6O2/c1-14-3-2-10-30(20(14)13-26-23-29-18-6-4-15(24)11-21(18)33-23)22(32)17-12-16(25)5-7-19(17)31-27-8-9-28-31/h4-9,11-12,14,20H,2-3,10,13H2,1H3,(H,26,29)/t14-,20-/m1/s1. The van der Waals surface area contributed by atoms with Crippen LogP contribution >= 0.6 is 11.6 Å². The van der Waals surface area contributed by atoms with Crippen molar-refractivity contribution in [3.05, 3.63) is 65.2 Å². The second kappa shape index (κ2) is 8.82. The maximum absolute atomic E-state index is 14.1. The van der Waals surface area contributed by atoms with E-state index in [9.17, 15) is 9.18 Å². The van der Waals surface area contributed by atoms with Gasteiger partial charge in [-0.3, -0.25) is 4.79 Å². The number of anilines is 1. The molecule has 2 aromatic heterocycles. The molecule has 1 fully saturated rings. The molecule has 1 amide bonds. The van der Waals surface area contributed by atoms with E-state index in [1.807, 2.05) is 0 Å². The fourth-order valence-corrected chi connectivity index (χ4v) is 4.49. The highest BCUT2D eigenvalue weighted by Gasteiger charge is 2.34. The predicted molar refractivity (Wildman–Crippen MR) is 122 cm³/mol. The minimum absolute atomic E-state index is 0.133. The van der Waals surface area contributed by atoms with E-state index in [4.69, 9.17) is 16.0 Å². The van der Waals surface area contributed by atoms with E-state index in [0.29, 0.717) is 40.9 Å². The molecule has 1 N–H and O–H groups in total. The second-order valence-electron chi connectivity index (χ2n) is 8.18. The first-order valence-electron chi connectivity index (χ1n) is 10.8. The normalized spacial score (nSPS) is 18.6. The smallest absolute Gasteiger partial charge is 0.295 e. The van der Waals surface area contributed by atoms with Crippen molar-refractivity contribution < 1.29 is 13.6 Å². The first kappa shape index (κ1) is 21.4. The molecule has 10 heteroatoms. The van der Waals surface area contributed by atoms with Gasteiger partial charge in [0.05, 0.1) is 29.7 Å². The van der Waals surface area contributed by atoms with Crippen LogP contribution in [0.3, 0.4) is 0 Å². The van der Waals surface area contributed by atoms with E-state index in [1.165, 1.54) is 35.4 Å². The molecule has 8 nitrogen and oxygen atoms in total. The Bertz CT molecular complexity index is 1290. The van der Waals surface area contributed by atoms with Crippen molar-refractivity contribution in [3.63, 3.8) is 0 Å². The number of carbonyl (C=O) groups excluding carboxylic acids is 1. The van der Waals surface area contributed by atoms with Crippen molar-refractivity contribution in [2.45, 2.75) is 25.8 Å². The van der Waals surface area contributed by atoms with Gasteiger partial charge in [-0.25, -0.2) is 4.39 Å². The zero-order valence-electron chi connectivity index (χ0n) is 17.9. The third-order valence-electron chi connectivity index (χ3n) is 6.01. The van der Waals surface area contributed by atoms with Gasteiger partial charge in [-0.15, -0.1) is 0 Å². The summed E-state index contributed by atoms with van der Waals surface area (Å²) in [6, 6.07) is 9.55. The molecule has 0 spiro atoms. The molecular weight excluding hydrogens is 447 g/mol. The molecule has 1 saturated heterocycles. The van der Waals surface area contributed by atoms with Crippen LogP contribution < -0.4 is 5.32 Å². The molecule has 5 rings (SSSR count). The maximum atomic E-state index is 14.1. The average Bonchev–Trinajstić information content (AvgIpc) is 3.47. The van der Waals surface area contributed by atoms with Crippen LogP contribution in [0.25, 0.3) is 16.8 Å². The van der Waals surface area contributed by atoms with Crippen molar-refractivity contribution in [1.29, 1.82) is 0 Å². The molecule has 0 aliphatic carbocycles. The van der Waals surface area contributed by atoms with Crippen LogP contribution in [0.5, 0.6) is 0 Å². The fourth-order valence-electron chi connectivity index (χ4n) is 4.33. The number of aromatic nitrogens is 4.